The Hall–Kier alpha value is -1.69. The summed E-state index contributed by atoms with van der Waals surface area (Å²) in [6.07, 6.45) is 14.4. The van der Waals surface area contributed by atoms with Crippen LogP contribution in [0.25, 0.3) is 0 Å². The van der Waals surface area contributed by atoms with E-state index in [0.29, 0.717) is 25.9 Å². The van der Waals surface area contributed by atoms with Crippen LogP contribution < -0.4 is 0 Å². The highest BCUT2D eigenvalue weighted by Gasteiger charge is 2.49. The highest BCUT2D eigenvalue weighted by molar-refractivity contribution is 5.77. The topological polar surface area (TPSA) is 65.0 Å². The van der Waals surface area contributed by atoms with E-state index < -0.39 is 17.3 Å². The SMILES string of the molecule is CCOC(=O)[C@@]1(C)C/C=C(C)/C=C/CC/C=C(C)/C=C/[C@H](O)C[C@@H]2C[C@H]1OC(C)(C)O2. The van der Waals surface area contributed by atoms with Gasteiger partial charge in [0.25, 0.3) is 0 Å². The molecule has 1 N–H and O–H groups in total. The van der Waals surface area contributed by atoms with E-state index in [2.05, 4.69) is 24.3 Å². The van der Waals surface area contributed by atoms with Crippen LogP contribution in [0.2, 0.25) is 0 Å². The van der Waals surface area contributed by atoms with Gasteiger partial charge in [0.05, 0.1) is 30.3 Å². The summed E-state index contributed by atoms with van der Waals surface area (Å²) in [7, 11) is 0. The van der Waals surface area contributed by atoms with Gasteiger partial charge in [-0.2, -0.15) is 0 Å². The molecule has 1 aliphatic heterocycles. The zero-order chi connectivity index (χ0) is 23.1. The second-order valence-electron chi connectivity index (χ2n) is 9.36. The molecule has 4 atom stereocenters. The Morgan fingerprint density at radius 3 is 2.52 bits per heavy atom. The van der Waals surface area contributed by atoms with E-state index in [4.69, 9.17) is 14.2 Å². The summed E-state index contributed by atoms with van der Waals surface area (Å²) in [6, 6.07) is 0. The molecule has 174 valence electrons. The van der Waals surface area contributed by atoms with E-state index >= 15 is 0 Å². The van der Waals surface area contributed by atoms with Crippen LogP contribution >= 0.6 is 0 Å². The molecule has 1 saturated heterocycles. The van der Waals surface area contributed by atoms with Gasteiger partial charge in [-0.15, -0.1) is 0 Å². The largest absolute Gasteiger partial charge is 0.465 e. The molecule has 5 heteroatoms. The number of aliphatic hydroxyl groups is 1. The zero-order valence-corrected chi connectivity index (χ0v) is 20.0. The number of ether oxygens (including phenoxy) is 3. The third-order valence-corrected chi connectivity index (χ3v) is 5.92. The van der Waals surface area contributed by atoms with E-state index in [-0.39, 0.29) is 18.2 Å². The summed E-state index contributed by atoms with van der Waals surface area (Å²) in [5.41, 5.74) is 1.39. The number of allylic oxidation sites excluding steroid dienone is 7. The van der Waals surface area contributed by atoms with Crippen molar-refractivity contribution in [3.05, 3.63) is 47.6 Å². The molecule has 0 spiro atoms. The van der Waals surface area contributed by atoms with Gasteiger partial charge in [0.2, 0.25) is 0 Å². The molecule has 2 bridgehead atoms. The van der Waals surface area contributed by atoms with Gasteiger partial charge in [0.1, 0.15) is 0 Å². The van der Waals surface area contributed by atoms with Crippen LogP contribution in [0.3, 0.4) is 0 Å². The first-order chi connectivity index (χ1) is 14.6. The molecular weight excluding hydrogens is 392 g/mol. The minimum absolute atomic E-state index is 0.230. The summed E-state index contributed by atoms with van der Waals surface area (Å²) in [5, 5.41) is 10.6. The Balaban J connectivity index is 2.41. The fourth-order valence-corrected chi connectivity index (χ4v) is 4.08. The Kier molecular flexibility index (Phi) is 9.28. The van der Waals surface area contributed by atoms with Crippen molar-refractivity contribution in [3.63, 3.8) is 0 Å². The first kappa shape index (κ1) is 25.6. The van der Waals surface area contributed by atoms with Crippen molar-refractivity contribution >= 4 is 5.97 Å². The summed E-state index contributed by atoms with van der Waals surface area (Å²) >= 11 is 0. The van der Waals surface area contributed by atoms with E-state index in [1.54, 1.807) is 0 Å². The van der Waals surface area contributed by atoms with Gasteiger partial charge in [-0.3, -0.25) is 4.79 Å². The molecule has 31 heavy (non-hydrogen) atoms. The summed E-state index contributed by atoms with van der Waals surface area (Å²) in [4.78, 5) is 13.1. The quantitative estimate of drug-likeness (QED) is 0.592. The third-order valence-electron chi connectivity index (χ3n) is 5.92. The van der Waals surface area contributed by atoms with Crippen molar-refractivity contribution in [1.29, 1.82) is 0 Å². The normalized spacial score (nSPS) is 38.0. The molecule has 0 aromatic heterocycles. The number of carbonyl (C=O) groups excluding carboxylic acids is 1. The van der Waals surface area contributed by atoms with Crippen molar-refractivity contribution in [2.75, 3.05) is 6.61 Å². The smallest absolute Gasteiger partial charge is 0.314 e. The predicted molar refractivity (Wildman–Crippen MR) is 123 cm³/mol. The maximum atomic E-state index is 13.1. The van der Waals surface area contributed by atoms with E-state index in [1.165, 1.54) is 0 Å². The Morgan fingerprint density at radius 2 is 1.81 bits per heavy atom. The Labute approximate surface area is 187 Å². The van der Waals surface area contributed by atoms with Crippen LogP contribution in [0.4, 0.5) is 0 Å². The molecule has 0 radical (unpaired) electrons. The van der Waals surface area contributed by atoms with Crippen LogP contribution in [0.5, 0.6) is 0 Å². The average molecular weight is 433 g/mol. The molecule has 2 rings (SSSR count). The van der Waals surface area contributed by atoms with Crippen molar-refractivity contribution in [2.24, 2.45) is 5.41 Å². The fraction of sp³-hybridized carbons (Fsp3) is 0.654. The minimum Gasteiger partial charge on any atom is -0.465 e. The summed E-state index contributed by atoms with van der Waals surface area (Å²) in [6.45, 7) is 11.9. The third kappa shape index (κ3) is 7.74. The van der Waals surface area contributed by atoms with Gasteiger partial charge in [0, 0.05) is 12.8 Å². The van der Waals surface area contributed by atoms with E-state index in [1.807, 2.05) is 53.7 Å². The Morgan fingerprint density at radius 1 is 1.10 bits per heavy atom. The lowest BCUT2D eigenvalue weighted by Crippen LogP contribution is -2.53. The van der Waals surface area contributed by atoms with Crippen LogP contribution in [0.1, 0.15) is 73.6 Å². The van der Waals surface area contributed by atoms with Crippen LogP contribution in [-0.4, -0.2) is 41.8 Å². The zero-order valence-electron chi connectivity index (χ0n) is 20.0. The van der Waals surface area contributed by atoms with Crippen LogP contribution in [-0.2, 0) is 19.0 Å². The number of hydrogen-bond donors (Lipinski definition) is 1. The summed E-state index contributed by atoms with van der Waals surface area (Å²) in [5.74, 6) is -1.12. The Bertz CT molecular complexity index is 730. The van der Waals surface area contributed by atoms with E-state index in [9.17, 15) is 9.90 Å². The highest BCUT2D eigenvalue weighted by Crippen LogP contribution is 2.41. The maximum absolute atomic E-state index is 13.1. The van der Waals surface area contributed by atoms with Gasteiger partial charge in [-0.05, 0) is 60.8 Å². The predicted octanol–water partition coefficient (Wildman–Crippen LogP) is 5.41. The molecule has 0 unspecified atom stereocenters. The number of esters is 1. The molecule has 1 heterocycles. The number of fused-ring (bicyclic) bond motifs is 2. The van der Waals surface area contributed by atoms with Crippen LogP contribution in [0.15, 0.2) is 47.6 Å². The molecular formula is C26H40O5. The molecule has 5 nitrogen and oxygen atoms in total. The maximum Gasteiger partial charge on any atom is 0.314 e. The molecule has 2 aliphatic rings. The first-order valence-electron chi connectivity index (χ1n) is 11.4. The lowest BCUT2D eigenvalue weighted by molar-refractivity contribution is -0.318. The van der Waals surface area contributed by atoms with Crippen LogP contribution in [0, 0.1) is 5.41 Å². The summed E-state index contributed by atoms with van der Waals surface area (Å²) < 4.78 is 17.8. The molecule has 0 amide bonds. The van der Waals surface area contributed by atoms with Gasteiger partial charge in [0.15, 0.2) is 5.79 Å². The van der Waals surface area contributed by atoms with Gasteiger partial charge >= 0.3 is 5.97 Å². The van der Waals surface area contributed by atoms with Gasteiger partial charge in [-0.25, -0.2) is 0 Å². The van der Waals surface area contributed by atoms with Crippen molar-refractivity contribution < 1.29 is 24.1 Å². The molecule has 0 saturated carbocycles. The second-order valence-corrected chi connectivity index (χ2v) is 9.36. The molecule has 0 aromatic rings. The number of aliphatic hydroxyl groups excluding tert-OH is 1. The van der Waals surface area contributed by atoms with Gasteiger partial charge in [-0.1, -0.05) is 47.6 Å². The van der Waals surface area contributed by atoms with Gasteiger partial charge < -0.3 is 19.3 Å². The van der Waals surface area contributed by atoms with Crippen molar-refractivity contribution in [3.8, 4) is 0 Å². The molecule has 0 aromatic carbocycles. The first-order valence-corrected chi connectivity index (χ1v) is 11.4. The standard InChI is InChI=1S/C26H40O5/c1-7-29-24(28)26(6)16-15-20(3)12-10-8-9-11-19(2)13-14-21(27)17-22-18-23(26)31-25(4,5)30-22/h10-15,21-23,27H,7-9,16-18H2,1-6H3/b12-10+,14-13+,19-11+,20-15+/t21-,22+,23+,26-/m0/s1. The molecule has 1 aliphatic carbocycles. The lowest BCUT2D eigenvalue weighted by atomic mass is 9.76. The minimum atomic E-state index is -0.859. The highest BCUT2D eigenvalue weighted by atomic mass is 16.7. The number of rotatable bonds is 2. The van der Waals surface area contributed by atoms with E-state index in [0.717, 1.165) is 24.0 Å². The lowest BCUT2D eigenvalue weighted by Gasteiger charge is -2.46. The fourth-order valence-electron chi connectivity index (χ4n) is 4.08. The monoisotopic (exact) mass is 432 g/mol. The van der Waals surface area contributed by atoms with Crippen molar-refractivity contribution in [1.82, 2.24) is 0 Å². The second kappa shape index (κ2) is 11.3. The van der Waals surface area contributed by atoms with Crippen molar-refractivity contribution in [2.45, 2.75) is 97.7 Å². The average Bonchev–Trinajstić information content (AvgIpc) is 2.68. The number of hydrogen-bond acceptors (Lipinski definition) is 5. The number of carbonyl (C=O) groups is 1. The molecule has 1 fully saturated rings.